The second kappa shape index (κ2) is 5.19. The summed E-state index contributed by atoms with van der Waals surface area (Å²) < 4.78 is 0. The molecule has 1 unspecified atom stereocenters. The first-order chi connectivity index (χ1) is 8.05. The normalized spacial score (nSPS) is 21.5. The van der Waals surface area contributed by atoms with Crippen molar-refractivity contribution < 1.29 is 5.11 Å². The van der Waals surface area contributed by atoms with Gasteiger partial charge in [0.25, 0.3) is 0 Å². The molecule has 1 aromatic rings. The van der Waals surface area contributed by atoms with Crippen LogP contribution in [0.25, 0.3) is 0 Å². The van der Waals surface area contributed by atoms with Gasteiger partial charge in [0, 0.05) is 0 Å². The lowest BCUT2D eigenvalue weighted by Gasteiger charge is -2.23. The van der Waals surface area contributed by atoms with E-state index in [1.165, 1.54) is 24.9 Å². The zero-order valence-electron chi connectivity index (χ0n) is 10.9. The minimum absolute atomic E-state index is 0.731. The molecule has 2 nitrogen and oxygen atoms in total. The standard InChI is InChI=1S/C15H23NO/c1-15(2,17)14-7-5-12(6-8-14)10-13-4-3-9-16-11-13/h5-8,13,16-17H,3-4,9-11H2,1-2H3. The lowest BCUT2D eigenvalue weighted by atomic mass is 9.90. The third-order valence-corrected chi connectivity index (χ3v) is 3.58. The number of aliphatic hydroxyl groups is 1. The van der Waals surface area contributed by atoms with Crippen LogP contribution in [0.15, 0.2) is 24.3 Å². The Bertz CT molecular complexity index is 344. The molecule has 0 aromatic heterocycles. The maximum absolute atomic E-state index is 9.89. The second-order valence-corrected chi connectivity index (χ2v) is 5.67. The van der Waals surface area contributed by atoms with Crippen molar-refractivity contribution in [2.45, 2.75) is 38.7 Å². The summed E-state index contributed by atoms with van der Waals surface area (Å²) in [4.78, 5) is 0. The fraction of sp³-hybridized carbons (Fsp3) is 0.600. The first-order valence-electron chi connectivity index (χ1n) is 6.58. The van der Waals surface area contributed by atoms with E-state index in [2.05, 4.69) is 17.4 Å². The highest BCUT2D eigenvalue weighted by Gasteiger charge is 2.16. The smallest absolute Gasteiger partial charge is 0.0840 e. The maximum Gasteiger partial charge on any atom is 0.0840 e. The van der Waals surface area contributed by atoms with Gasteiger partial charge >= 0.3 is 0 Å². The van der Waals surface area contributed by atoms with Crippen LogP contribution in [0.5, 0.6) is 0 Å². The highest BCUT2D eigenvalue weighted by molar-refractivity contribution is 5.26. The van der Waals surface area contributed by atoms with Gasteiger partial charge in [0.2, 0.25) is 0 Å². The van der Waals surface area contributed by atoms with Crippen LogP contribution in [0, 0.1) is 5.92 Å². The molecule has 0 amide bonds. The largest absolute Gasteiger partial charge is 0.386 e. The average molecular weight is 233 g/mol. The SMILES string of the molecule is CC(C)(O)c1ccc(CC2CCCNC2)cc1. The van der Waals surface area contributed by atoms with Crippen LogP contribution in [0.2, 0.25) is 0 Å². The predicted molar refractivity (Wildman–Crippen MR) is 71.0 cm³/mol. The van der Waals surface area contributed by atoms with Crippen LogP contribution >= 0.6 is 0 Å². The molecule has 1 aliphatic heterocycles. The van der Waals surface area contributed by atoms with Gasteiger partial charge in [0.05, 0.1) is 5.60 Å². The molecule has 0 aliphatic carbocycles. The number of nitrogens with one attached hydrogen (secondary N) is 1. The number of hydrogen-bond donors (Lipinski definition) is 2. The van der Waals surface area contributed by atoms with Gasteiger partial charge in [-0.15, -0.1) is 0 Å². The molecule has 94 valence electrons. The summed E-state index contributed by atoms with van der Waals surface area (Å²) in [6.45, 7) is 5.97. The van der Waals surface area contributed by atoms with Gasteiger partial charge in [0.1, 0.15) is 0 Å². The van der Waals surface area contributed by atoms with Crippen LogP contribution in [0.1, 0.15) is 37.8 Å². The highest BCUT2D eigenvalue weighted by atomic mass is 16.3. The molecule has 2 N–H and O–H groups in total. The third kappa shape index (κ3) is 3.55. The summed E-state index contributed by atoms with van der Waals surface area (Å²) in [6, 6.07) is 8.40. The van der Waals surface area contributed by atoms with Crippen LogP contribution in [-0.2, 0) is 12.0 Å². The van der Waals surface area contributed by atoms with E-state index in [0.717, 1.165) is 24.4 Å². The summed E-state index contributed by atoms with van der Waals surface area (Å²) >= 11 is 0. The van der Waals surface area contributed by atoms with Crippen molar-refractivity contribution in [1.82, 2.24) is 5.32 Å². The summed E-state index contributed by atoms with van der Waals surface area (Å²) in [5, 5.41) is 13.3. The van der Waals surface area contributed by atoms with Gasteiger partial charge in [-0.25, -0.2) is 0 Å². The molecule has 1 aliphatic rings. The first-order valence-corrected chi connectivity index (χ1v) is 6.58. The Hall–Kier alpha value is -0.860. The van der Waals surface area contributed by atoms with E-state index < -0.39 is 5.60 Å². The van der Waals surface area contributed by atoms with E-state index in [-0.39, 0.29) is 0 Å². The molecule has 2 heteroatoms. The van der Waals surface area contributed by atoms with E-state index in [4.69, 9.17) is 0 Å². The molecule has 0 spiro atoms. The van der Waals surface area contributed by atoms with Gasteiger partial charge in [0.15, 0.2) is 0 Å². The Morgan fingerprint density at radius 3 is 2.53 bits per heavy atom. The molecule has 1 heterocycles. The third-order valence-electron chi connectivity index (χ3n) is 3.58. The Morgan fingerprint density at radius 2 is 2.00 bits per heavy atom. The van der Waals surface area contributed by atoms with Crippen molar-refractivity contribution in [3.8, 4) is 0 Å². The lowest BCUT2D eigenvalue weighted by molar-refractivity contribution is 0.0786. The topological polar surface area (TPSA) is 32.3 Å². The first kappa shape index (κ1) is 12.6. The summed E-state index contributed by atoms with van der Waals surface area (Å²) in [7, 11) is 0. The van der Waals surface area contributed by atoms with E-state index in [1.807, 2.05) is 26.0 Å². The molecular formula is C15H23NO. The molecule has 1 atom stereocenters. The molecule has 0 saturated carbocycles. The van der Waals surface area contributed by atoms with Gasteiger partial charge in [-0.3, -0.25) is 0 Å². The molecular weight excluding hydrogens is 210 g/mol. The van der Waals surface area contributed by atoms with E-state index in [9.17, 15) is 5.11 Å². The second-order valence-electron chi connectivity index (χ2n) is 5.67. The molecule has 1 saturated heterocycles. The lowest BCUT2D eigenvalue weighted by Crippen LogP contribution is -2.30. The van der Waals surface area contributed by atoms with Crippen molar-refractivity contribution in [3.05, 3.63) is 35.4 Å². The Kier molecular flexibility index (Phi) is 3.85. The van der Waals surface area contributed by atoms with Crippen LogP contribution in [0.3, 0.4) is 0 Å². The number of piperidine rings is 1. The Balaban J connectivity index is 1.98. The number of rotatable bonds is 3. The molecule has 1 aromatic carbocycles. The molecule has 0 bridgehead atoms. The van der Waals surface area contributed by atoms with Gasteiger partial charge in [-0.2, -0.15) is 0 Å². The Morgan fingerprint density at radius 1 is 1.29 bits per heavy atom. The summed E-state index contributed by atoms with van der Waals surface area (Å²) in [6.07, 6.45) is 3.78. The monoisotopic (exact) mass is 233 g/mol. The van der Waals surface area contributed by atoms with E-state index in [0.29, 0.717) is 0 Å². The molecule has 2 rings (SSSR count). The number of benzene rings is 1. The minimum atomic E-state index is -0.731. The zero-order valence-corrected chi connectivity index (χ0v) is 10.9. The minimum Gasteiger partial charge on any atom is -0.386 e. The van der Waals surface area contributed by atoms with Crippen molar-refractivity contribution in [3.63, 3.8) is 0 Å². The van der Waals surface area contributed by atoms with Crippen molar-refractivity contribution in [1.29, 1.82) is 0 Å². The van der Waals surface area contributed by atoms with Crippen molar-refractivity contribution in [2.24, 2.45) is 5.92 Å². The van der Waals surface area contributed by atoms with Crippen molar-refractivity contribution >= 4 is 0 Å². The quantitative estimate of drug-likeness (QED) is 0.840. The summed E-state index contributed by atoms with van der Waals surface area (Å²) in [5.41, 5.74) is 1.64. The Labute approximate surface area is 104 Å². The van der Waals surface area contributed by atoms with Gasteiger partial charge in [-0.1, -0.05) is 24.3 Å². The fourth-order valence-electron chi connectivity index (χ4n) is 2.48. The molecule has 1 fully saturated rings. The van der Waals surface area contributed by atoms with Crippen LogP contribution in [0.4, 0.5) is 0 Å². The van der Waals surface area contributed by atoms with E-state index >= 15 is 0 Å². The predicted octanol–water partition coefficient (Wildman–Crippen LogP) is 2.46. The highest BCUT2D eigenvalue weighted by Crippen LogP contribution is 2.22. The molecule has 0 radical (unpaired) electrons. The number of hydrogen-bond acceptors (Lipinski definition) is 2. The van der Waals surface area contributed by atoms with Gasteiger partial charge < -0.3 is 10.4 Å². The summed E-state index contributed by atoms with van der Waals surface area (Å²) in [5.74, 6) is 0.775. The maximum atomic E-state index is 9.89. The van der Waals surface area contributed by atoms with Crippen LogP contribution < -0.4 is 5.32 Å². The fourth-order valence-corrected chi connectivity index (χ4v) is 2.48. The van der Waals surface area contributed by atoms with Crippen molar-refractivity contribution in [2.75, 3.05) is 13.1 Å². The molecule has 17 heavy (non-hydrogen) atoms. The van der Waals surface area contributed by atoms with Gasteiger partial charge in [-0.05, 0) is 63.2 Å². The average Bonchev–Trinajstić information content (AvgIpc) is 2.30. The zero-order chi connectivity index (χ0) is 12.3. The van der Waals surface area contributed by atoms with Crippen LogP contribution in [-0.4, -0.2) is 18.2 Å². The van der Waals surface area contributed by atoms with E-state index in [1.54, 1.807) is 0 Å².